The standard InChI is InChI=1S/C12H18O2/c1-8-5-6-10(13)9(2)12(8)7-3-4-11(12)14/h3-4,8-10,13H,5-7H2,1-2H3/t8-,9+,10-,12+/m0/s1. The average Bonchev–Trinajstić information content (AvgIpc) is 2.53. The lowest BCUT2D eigenvalue weighted by Gasteiger charge is -2.46. The molecular weight excluding hydrogens is 176 g/mol. The van der Waals surface area contributed by atoms with Gasteiger partial charge in [0.05, 0.1) is 6.10 Å². The van der Waals surface area contributed by atoms with Gasteiger partial charge >= 0.3 is 0 Å². The first-order valence-corrected chi connectivity index (χ1v) is 5.48. The van der Waals surface area contributed by atoms with E-state index in [1.807, 2.05) is 13.0 Å². The molecule has 0 unspecified atom stereocenters. The van der Waals surface area contributed by atoms with Crippen molar-refractivity contribution in [2.24, 2.45) is 17.3 Å². The molecule has 0 aromatic rings. The summed E-state index contributed by atoms with van der Waals surface area (Å²) in [7, 11) is 0. The summed E-state index contributed by atoms with van der Waals surface area (Å²) in [6, 6.07) is 0. The molecule has 0 aliphatic heterocycles. The molecule has 1 saturated carbocycles. The first-order valence-electron chi connectivity index (χ1n) is 5.48. The smallest absolute Gasteiger partial charge is 0.162 e. The quantitative estimate of drug-likeness (QED) is 0.639. The summed E-state index contributed by atoms with van der Waals surface area (Å²) in [5.74, 6) is 0.744. The SMILES string of the molecule is C[C@@H]1[C@@H](O)CC[C@H](C)[C@]12CC=CC2=O. The van der Waals surface area contributed by atoms with Crippen molar-refractivity contribution in [1.29, 1.82) is 0 Å². The second kappa shape index (κ2) is 3.20. The lowest BCUT2D eigenvalue weighted by Crippen LogP contribution is -2.48. The van der Waals surface area contributed by atoms with E-state index in [9.17, 15) is 9.90 Å². The third kappa shape index (κ3) is 1.10. The fourth-order valence-corrected chi connectivity index (χ4v) is 3.19. The molecule has 2 aliphatic rings. The number of hydrogen-bond acceptors (Lipinski definition) is 2. The van der Waals surface area contributed by atoms with Crippen LogP contribution in [0.4, 0.5) is 0 Å². The van der Waals surface area contributed by atoms with E-state index in [1.54, 1.807) is 6.08 Å². The molecule has 0 aromatic heterocycles. The van der Waals surface area contributed by atoms with Gasteiger partial charge < -0.3 is 5.11 Å². The molecule has 78 valence electrons. The number of carbonyl (C=O) groups excluding carboxylic acids is 1. The maximum Gasteiger partial charge on any atom is 0.162 e. The molecule has 4 atom stereocenters. The van der Waals surface area contributed by atoms with Crippen LogP contribution in [-0.2, 0) is 4.79 Å². The van der Waals surface area contributed by atoms with E-state index >= 15 is 0 Å². The fourth-order valence-electron chi connectivity index (χ4n) is 3.19. The topological polar surface area (TPSA) is 37.3 Å². The third-order valence-corrected chi connectivity index (χ3v) is 4.35. The zero-order valence-electron chi connectivity index (χ0n) is 8.86. The highest BCUT2D eigenvalue weighted by Crippen LogP contribution is 2.51. The highest BCUT2D eigenvalue weighted by atomic mass is 16.3. The zero-order chi connectivity index (χ0) is 10.3. The van der Waals surface area contributed by atoms with Crippen molar-refractivity contribution >= 4 is 5.78 Å². The van der Waals surface area contributed by atoms with Crippen LogP contribution in [0, 0.1) is 17.3 Å². The highest BCUT2D eigenvalue weighted by molar-refractivity contribution is 5.97. The highest BCUT2D eigenvalue weighted by Gasteiger charge is 2.52. The number of ketones is 1. The summed E-state index contributed by atoms with van der Waals surface area (Å²) in [6.45, 7) is 4.17. The average molecular weight is 194 g/mol. The molecule has 2 nitrogen and oxygen atoms in total. The van der Waals surface area contributed by atoms with Gasteiger partial charge in [0, 0.05) is 5.41 Å². The monoisotopic (exact) mass is 194 g/mol. The van der Waals surface area contributed by atoms with Crippen LogP contribution in [-0.4, -0.2) is 17.0 Å². The van der Waals surface area contributed by atoms with Gasteiger partial charge in [-0.05, 0) is 37.2 Å². The second-order valence-electron chi connectivity index (χ2n) is 4.85. The van der Waals surface area contributed by atoms with E-state index < -0.39 is 0 Å². The van der Waals surface area contributed by atoms with Gasteiger partial charge in [0.25, 0.3) is 0 Å². The maximum absolute atomic E-state index is 11.9. The van der Waals surface area contributed by atoms with Crippen molar-refractivity contribution in [1.82, 2.24) is 0 Å². The molecule has 1 fully saturated rings. The Bertz CT molecular complexity index is 282. The summed E-state index contributed by atoms with van der Waals surface area (Å²) < 4.78 is 0. The van der Waals surface area contributed by atoms with Gasteiger partial charge in [-0.25, -0.2) is 0 Å². The molecule has 0 aromatic carbocycles. The number of hydrogen-bond donors (Lipinski definition) is 1. The van der Waals surface area contributed by atoms with E-state index in [0.29, 0.717) is 5.92 Å². The molecule has 0 amide bonds. The minimum absolute atomic E-state index is 0.105. The predicted octanol–water partition coefficient (Wildman–Crippen LogP) is 1.93. The third-order valence-electron chi connectivity index (χ3n) is 4.35. The largest absolute Gasteiger partial charge is 0.393 e. The van der Waals surface area contributed by atoms with Crippen molar-refractivity contribution in [3.63, 3.8) is 0 Å². The summed E-state index contributed by atoms with van der Waals surface area (Å²) >= 11 is 0. The number of carbonyl (C=O) groups is 1. The van der Waals surface area contributed by atoms with Crippen LogP contribution in [0.15, 0.2) is 12.2 Å². The Balaban J connectivity index is 2.34. The number of allylic oxidation sites excluding steroid dienone is 2. The van der Waals surface area contributed by atoms with Crippen LogP contribution in [0.1, 0.15) is 33.1 Å². The van der Waals surface area contributed by atoms with Crippen LogP contribution < -0.4 is 0 Å². The van der Waals surface area contributed by atoms with Gasteiger partial charge in [-0.3, -0.25) is 4.79 Å². The Morgan fingerprint density at radius 1 is 1.43 bits per heavy atom. The summed E-state index contributed by atoms with van der Waals surface area (Å²) in [5.41, 5.74) is -0.280. The summed E-state index contributed by atoms with van der Waals surface area (Å²) in [5, 5.41) is 9.86. The molecule has 1 spiro atoms. The molecule has 2 aliphatic carbocycles. The maximum atomic E-state index is 11.9. The van der Waals surface area contributed by atoms with Crippen LogP contribution in [0.2, 0.25) is 0 Å². The van der Waals surface area contributed by atoms with E-state index in [-0.39, 0.29) is 23.2 Å². The molecule has 14 heavy (non-hydrogen) atoms. The molecule has 0 bridgehead atoms. The molecule has 0 radical (unpaired) electrons. The van der Waals surface area contributed by atoms with Gasteiger partial charge in [0.2, 0.25) is 0 Å². The van der Waals surface area contributed by atoms with E-state index in [0.717, 1.165) is 19.3 Å². The summed E-state index contributed by atoms with van der Waals surface area (Å²) in [4.78, 5) is 11.9. The molecule has 0 heterocycles. The Morgan fingerprint density at radius 2 is 2.14 bits per heavy atom. The van der Waals surface area contributed by atoms with Crippen molar-refractivity contribution < 1.29 is 9.90 Å². The Morgan fingerprint density at radius 3 is 2.71 bits per heavy atom. The number of aliphatic hydroxyl groups is 1. The van der Waals surface area contributed by atoms with E-state index in [2.05, 4.69) is 6.92 Å². The van der Waals surface area contributed by atoms with Gasteiger partial charge in [-0.1, -0.05) is 19.9 Å². The minimum Gasteiger partial charge on any atom is -0.393 e. The van der Waals surface area contributed by atoms with Gasteiger partial charge in [0.1, 0.15) is 0 Å². The number of rotatable bonds is 0. The van der Waals surface area contributed by atoms with Crippen molar-refractivity contribution in [3.8, 4) is 0 Å². The van der Waals surface area contributed by atoms with Crippen molar-refractivity contribution in [2.45, 2.75) is 39.2 Å². The first-order chi connectivity index (χ1) is 6.59. The van der Waals surface area contributed by atoms with Gasteiger partial charge in [-0.15, -0.1) is 0 Å². The van der Waals surface area contributed by atoms with Crippen LogP contribution in [0.25, 0.3) is 0 Å². The fraction of sp³-hybridized carbons (Fsp3) is 0.750. The number of aliphatic hydroxyl groups excluding tert-OH is 1. The summed E-state index contributed by atoms with van der Waals surface area (Å²) in [6.07, 6.45) is 6.01. The molecule has 2 heteroatoms. The molecular formula is C12H18O2. The second-order valence-corrected chi connectivity index (χ2v) is 4.85. The van der Waals surface area contributed by atoms with Crippen molar-refractivity contribution in [2.75, 3.05) is 0 Å². The normalized spacial score (nSPS) is 47.6. The predicted molar refractivity (Wildman–Crippen MR) is 54.8 cm³/mol. The molecule has 0 saturated heterocycles. The van der Waals surface area contributed by atoms with Crippen LogP contribution in [0.5, 0.6) is 0 Å². The Hall–Kier alpha value is -0.630. The molecule has 1 N–H and O–H groups in total. The minimum atomic E-state index is -0.296. The van der Waals surface area contributed by atoms with E-state index in [4.69, 9.17) is 0 Å². The lowest BCUT2D eigenvalue weighted by molar-refractivity contribution is -0.137. The van der Waals surface area contributed by atoms with Crippen LogP contribution in [0.3, 0.4) is 0 Å². The van der Waals surface area contributed by atoms with Gasteiger partial charge in [0.15, 0.2) is 5.78 Å². The first kappa shape index (κ1) is 9.91. The zero-order valence-corrected chi connectivity index (χ0v) is 8.86. The Kier molecular flexibility index (Phi) is 2.26. The Labute approximate surface area is 85.0 Å². The van der Waals surface area contributed by atoms with Gasteiger partial charge in [-0.2, -0.15) is 0 Å². The van der Waals surface area contributed by atoms with E-state index in [1.165, 1.54) is 0 Å². The molecule has 2 rings (SSSR count). The van der Waals surface area contributed by atoms with Crippen LogP contribution >= 0.6 is 0 Å². The lowest BCUT2D eigenvalue weighted by atomic mass is 9.58. The van der Waals surface area contributed by atoms with Crippen molar-refractivity contribution in [3.05, 3.63) is 12.2 Å².